The van der Waals surface area contributed by atoms with Gasteiger partial charge in [-0.2, -0.15) is 0 Å². The summed E-state index contributed by atoms with van der Waals surface area (Å²) >= 11 is 0. The van der Waals surface area contributed by atoms with Gasteiger partial charge < -0.3 is 24.3 Å². The number of amides is 2. The SMILES string of the molecule is COc1ccc(C[NH+](C)CC(=O)N(C)CC(=O)NCc2ccco2)cc1. The van der Waals surface area contributed by atoms with Crippen molar-refractivity contribution in [3.8, 4) is 5.75 Å². The Morgan fingerprint density at radius 1 is 1.23 bits per heavy atom. The highest BCUT2D eigenvalue weighted by atomic mass is 16.5. The van der Waals surface area contributed by atoms with E-state index in [0.717, 1.165) is 16.2 Å². The molecule has 0 spiro atoms. The molecule has 1 heterocycles. The summed E-state index contributed by atoms with van der Waals surface area (Å²) in [6.07, 6.45) is 1.55. The van der Waals surface area contributed by atoms with E-state index in [2.05, 4.69) is 5.32 Å². The van der Waals surface area contributed by atoms with Crippen molar-refractivity contribution in [3.63, 3.8) is 0 Å². The highest BCUT2D eigenvalue weighted by molar-refractivity contribution is 5.84. The number of ether oxygens (including phenoxy) is 1. The van der Waals surface area contributed by atoms with Crippen molar-refractivity contribution in [1.82, 2.24) is 10.2 Å². The van der Waals surface area contributed by atoms with Gasteiger partial charge in [-0.05, 0) is 36.4 Å². The molecular weight excluding hydrogens is 334 g/mol. The van der Waals surface area contributed by atoms with Gasteiger partial charge in [0.25, 0.3) is 5.91 Å². The zero-order valence-electron chi connectivity index (χ0n) is 15.5. The molecule has 140 valence electrons. The van der Waals surface area contributed by atoms with Crippen LogP contribution in [0.5, 0.6) is 5.75 Å². The Labute approximate surface area is 153 Å². The summed E-state index contributed by atoms with van der Waals surface area (Å²) in [5, 5.41) is 2.73. The molecule has 0 bridgehead atoms. The molecule has 0 radical (unpaired) electrons. The van der Waals surface area contributed by atoms with Crippen molar-refractivity contribution in [3.05, 3.63) is 54.0 Å². The fourth-order valence-corrected chi connectivity index (χ4v) is 2.51. The third-order valence-electron chi connectivity index (χ3n) is 3.96. The lowest BCUT2D eigenvalue weighted by molar-refractivity contribution is -0.885. The lowest BCUT2D eigenvalue weighted by atomic mass is 10.2. The van der Waals surface area contributed by atoms with Crippen LogP contribution in [0.15, 0.2) is 47.1 Å². The Balaban J connectivity index is 1.73. The molecule has 0 fully saturated rings. The van der Waals surface area contributed by atoms with E-state index in [-0.39, 0.29) is 18.4 Å². The number of hydrogen-bond donors (Lipinski definition) is 2. The number of nitrogens with zero attached hydrogens (tertiary/aromatic N) is 1. The molecule has 2 amide bonds. The minimum Gasteiger partial charge on any atom is -0.497 e. The molecular formula is C19H26N3O4+. The molecule has 2 rings (SSSR count). The summed E-state index contributed by atoms with van der Waals surface area (Å²) in [4.78, 5) is 26.7. The number of benzene rings is 1. The third kappa shape index (κ3) is 6.25. The topological polar surface area (TPSA) is 76.2 Å². The van der Waals surface area contributed by atoms with E-state index in [1.165, 1.54) is 4.90 Å². The summed E-state index contributed by atoms with van der Waals surface area (Å²) in [6, 6.07) is 11.3. The van der Waals surface area contributed by atoms with Crippen molar-refractivity contribution in [2.75, 3.05) is 34.3 Å². The monoisotopic (exact) mass is 360 g/mol. The first-order valence-electron chi connectivity index (χ1n) is 8.45. The van der Waals surface area contributed by atoms with E-state index in [9.17, 15) is 9.59 Å². The number of carbonyl (C=O) groups excluding carboxylic acids is 2. The summed E-state index contributed by atoms with van der Waals surface area (Å²) < 4.78 is 10.3. The number of rotatable bonds is 9. The van der Waals surface area contributed by atoms with Gasteiger partial charge in [0.2, 0.25) is 5.91 Å². The lowest BCUT2D eigenvalue weighted by Gasteiger charge is -2.19. The summed E-state index contributed by atoms with van der Waals surface area (Å²) in [7, 11) is 5.22. The maximum Gasteiger partial charge on any atom is 0.277 e. The van der Waals surface area contributed by atoms with Crippen LogP contribution in [0, 0.1) is 0 Å². The van der Waals surface area contributed by atoms with E-state index in [1.54, 1.807) is 32.6 Å². The second-order valence-corrected chi connectivity index (χ2v) is 6.26. The molecule has 0 aliphatic rings. The van der Waals surface area contributed by atoms with Crippen molar-refractivity contribution in [1.29, 1.82) is 0 Å². The Morgan fingerprint density at radius 3 is 2.58 bits per heavy atom. The van der Waals surface area contributed by atoms with Crippen LogP contribution in [0.4, 0.5) is 0 Å². The normalized spacial score (nSPS) is 11.7. The van der Waals surface area contributed by atoms with Gasteiger partial charge in [-0.25, -0.2) is 0 Å². The first-order valence-corrected chi connectivity index (χ1v) is 8.45. The van der Waals surface area contributed by atoms with E-state index < -0.39 is 0 Å². The predicted molar refractivity (Wildman–Crippen MR) is 96.6 cm³/mol. The number of furan rings is 1. The smallest absolute Gasteiger partial charge is 0.277 e. The first kappa shape index (κ1) is 19.5. The van der Waals surface area contributed by atoms with Gasteiger partial charge in [-0.15, -0.1) is 0 Å². The number of nitrogens with one attached hydrogen (secondary N) is 2. The van der Waals surface area contributed by atoms with Crippen LogP contribution in [-0.4, -0.2) is 51.0 Å². The zero-order chi connectivity index (χ0) is 18.9. The molecule has 7 nitrogen and oxygen atoms in total. The molecule has 0 aliphatic carbocycles. The average Bonchev–Trinajstić information content (AvgIpc) is 3.14. The zero-order valence-corrected chi connectivity index (χ0v) is 15.5. The van der Waals surface area contributed by atoms with E-state index in [1.807, 2.05) is 31.3 Å². The number of carbonyl (C=O) groups is 2. The Hall–Kier alpha value is -2.80. The van der Waals surface area contributed by atoms with E-state index in [4.69, 9.17) is 9.15 Å². The molecule has 0 aliphatic heterocycles. The number of likely N-dealkylation sites (N-methyl/N-ethyl adjacent to an activating group) is 2. The van der Waals surface area contributed by atoms with Gasteiger partial charge in [0.1, 0.15) is 18.1 Å². The fourth-order valence-electron chi connectivity index (χ4n) is 2.51. The Morgan fingerprint density at radius 2 is 1.96 bits per heavy atom. The molecule has 0 saturated carbocycles. The van der Waals surface area contributed by atoms with Crippen LogP contribution in [0.25, 0.3) is 0 Å². The van der Waals surface area contributed by atoms with Crippen LogP contribution < -0.4 is 15.0 Å². The largest absolute Gasteiger partial charge is 0.497 e. The van der Waals surface area contributed by atoms with Crippen LogP contribution in [0.1, 0.15) is 11.3 Å². The highest BCUT2D eigenvalue weighted by Gasteiger charge is 2.17. The van der Waals surface area contributed by atoms with Gasteiger partial charge in [0, 0.05) is 12.6 Å². The van der Waals surface area contributed by atoms with Crippen LogP contribution in [0.2, 0.25) is 0 Å². The van der Waals surface area contributed by atoms with Crippen molar-refractivity contribution < 1.29 is 23.6 Å². The second kappa shape index (κ2) is 9.62. The molecule has 0 saturated heterocycles. The Bertz CT molecular complexity index is 698. The number of hydrogen-bond acceptors (Lipinski definition) is 4. The van der Waals surface area contributed by atoms with Gasteiger partial charge >= 0.3 is 0 Å². The number of quaternary nitrogens is 1. The maximum atomic E-state index is 12.3. The molecule has 1 aromatic heterocycles. The number of methoxy groups -OCH3 is 1. The minimum atomic E-state index is -0.218. The molecule has 1 unspecified atom stereocenters. The summed E-state index contributed by atoms with van der Waals surface area (Å²) in [5.74, 6) is 1.19. The van der Waals surface area contributed by atoms with E-state index in [0.29, 0.717) is 25.4 Å². The Kier molecular flexibility index (Phi) is 7.23. The minimum absolute atomic E-state index is 0.0232. The molecule has 2 aromatic rings. The summed E-state index contributed by atoms with van der Waals surface area (Å²) in [5.41, 5.74) is 1.12. The van der Waals surface area contributed by atoms with E-state index >= 15 is 0 Å². The van der Waals surface area contributed by atoms with Gasteiger partial charge in [-0.3, -0.25) is 9.59 Å². The van der Waals surface area contributed by atoms with Crippen molar-refractivity contribution in [2.24, 2.45) is 0 Å². The van der Waals surface area contributed by atoms with Gasteiger partial charge in [0.15, 0.2) is 6.54 Å². The molecule has 26 heavy (non-hydrogen) atoms. The first-order chi connectivity index (χ1) is 12.5. The lowest BCUT2D eigenvalue weighted by Crippen LogP contribution is -3.08. The fraction of sp³-hybridized carbons (Fsp3) is 0.368. The second-order valence-electron chi connectivity index (χ2n) is 6.26. The van der Waals surface area contributed by atoms with Gasteiger partial charge in [-0.1, -0.05) is 0 Å². The molecule has 1 aromatic carbocycles. The predicted octanol–water partition coefficient (Wildman–Crippen LogP) is 0.0777. The standard InChI is InChI=1S/C19H25N3O4/c1-21(12-15-6-8-16(25-3)9-7-15)14-19(24)22(2)13-18(23)20-11-17-5-4-10-26-17/h4-10H,11-14H2,1-3H3,(H,20,23)/p+1. The van der Waals surface area contributed by atoms with Crippen molar-refractivity contribution >= 4 is 11.8 Å². The van der Waals surface area contributed by atoms with Gasteiger partial charge in [0.05, 0.1) is 33.5 Å². The van der Waals surface area contributed by atoms with Crippen LogP contribution in [0.3, 0.4) is 0 Å². The summed E-state index contributed by atoms with van der Waals surface area (Å²) in [6.45, 7) is 1.37. The molecule has 1 atom stereocenters. The maximum absolute atomic E-state index is 12.3. The highest BCUT2D eigenvalue weighted by Crippen LogP contribution is 2.10. The molecule has 7 heteroatoms. The average molecular weight is 360 g/mol. The molecule has 2 N–H and O–H groups in total. The third-order valence-corrected chi connectivity index (χ3v) is 3.96. The van der Waals surface area contributed by atoms with Crippen LogP contribution in [-0.2, 0) is 22.7 Å². The van der Waals surface area contributed by atoms with Crippen LogP contribution >= 0.6 is 0 Å². The van der Waals surface area contributed by atoms with Crippen molar-refractivity contribution in [2.45, 2.75) is 13.1 Å². The quantitative estimate of drug-likeness (QED) is 0.664.